The number of carboxylic acids is 1. The highest BCUT2D eigenvalue weighted by Crippen LogP contribution is 2.28. The van der Waals surface area contributed by atoms with Crippen LogP contribution in [0.5, 0.6) is 0 Å². The van der Waals surface area contributed by atoms with Crippen molar-refractivity contribution in [3.8, 4) is 0 Å². The number of carboxylic acid groups (broad SMARTS) is 1. The zero-order valence-electron chi connectivity index (χ0n) is 10.8. The van der Waals surface area contributed by atoms with Crippen LogP contribution in [-0.2, 0) is 11.8 Å². The van der Waals surface area contributed by atoms with Gasteiger partial charge in [-0.25, -0.2) is 4.79 Å². The van der Waals surface area contributed by atoms with Gasteiger partial charge in [0.05, 0.1) is 12.3 Å². The Balaban J connectivity index is 1.85. The molecule has 1 aliphatic rings. The summed E-state index contributed by atoms with van der Waals surface area (Å²) in [6.45, 7) is 3.68. The van der Waals surface area contributed by atoms with E-state index in [4.69, 9.17) is 9.84 Å². The SMILES string of the molecule is Cc1nn(C)c(NCCOCC2CC2)c1C(=O)O. The number of anilines is 1. The summed E-state index contributed by atoms with van der Waals surface area (Å²) in [5.74, 6) is 0.329. The van der Waals surface area contributed by atoms with Gasteiger partial charge in [-0.1, -0.05) is 0 Å². The van der Waals surface area contributed by atoms with E-state index < -0.39 is 5.97 Å². The molecule has 2 N–H and O–H groups in total. The summed E-state index contributed by atoms with van der Waals surface area (Å²) in [7, 11) is 1.73. The van der Waals surface area contributed by atoms with E-state index in [0.717, 1.165) is 12.5 Å². The summed E-state index contributed by atoms with van der Waals surface area (Å²) in [6.07, 6.45) is 2.55. The first kappa shape index (κ1) is 12.9. The third-order valence-corrected chi connectivity index (χ3v) is 3.03. The minimum Gasteiger partial charge on any atom is -0.477 e. The van der Waals surface area contributed by atoms with Crippen molar-refractivity contribution in [3.63, 3.8) is 0 Å². The fraction of sp³-hybridized carbons (Fsp3) is 0.667. The van der Waals surface area contributed by atoms with Crippen LogP contribution in [0.4, 0.5) is 5.82 Å². The topological polar surface area (TPSA) is 76.4 Å². The highest BCUT2D eigenvalue weighted by Gasteiger charge is 2.21. The fourth-order valence-electron chi connectivity index (χ4n) is 1.89. The Morgan fingerprint density at radius 2 is 2.33 bits per heavy atom. The van der Waals surface area contributed by atoms with Gasteiger partial charge >= 0.3 is 5.97 Å². The van der Waals surface area contributed by atoms with Gasteiger partial charge in [0, 0.05) is 20.2 Å². The van der Waals surface area contributed by atoms with Gasteiger partial charge in [-0.2, -0.15) is 5.10 Å². The molecule has 100 valence electrons. The van der Waals surface area contributed by atoms with Crippen molar-refractivity contribution in [2.45, 2.75) is 19.8 Å². The Bertz CT molecular complexity index is 438. The van der Waals surface area contributed by atoms with Crippen molar-refractivity contribution in [2.75, 3.05) is 25.1 Å². The van der Waals surface area contributed by atoms with Crippen molar-refractivity contribution >= 4 is 11.8 Å². The molecule has 0 bridgehead atoms. The number of hydrogen-bond acceptors (Lipinski definition) is 4. The van der Waals surface area contributed by atoms with Crippen LogP contribution < -0.4 is 5.32 Å². The largest absolute Gasteiger partial charge is 0.477 e. The number of aromatic carboxylic acids is 1. The number of aryl methyl sites for hydroxylation is 2. The summed E-state index contributed by atoms with van der Waals surface area (Å²) in [5, 5.41) is 16.3. The molecule has 0 radical (unpaired) electrons. The van der Waals surface area contributed by atoms with E-state index in [2.05, 4.69) is 10.4 Å². The first-order chi connectivity index (χ1) is 8.59. The van der Waals surface area contributed by atoms with Crippen molar-refractivity contribution in [1.29, 1.82) is 0 Å². The molecule has 1 fully saturated rings. The molecule has 2 rings (SSSR count). The third kappa shape index (κ3) is 3.01. The van der Waals surface area contributed by atoms with Gasteiger partial charge in [0.2, 0.25) is 0 Å². The zero-order valence-corrected chi connectivity index (χ0v) is 10.8. The number of carbonyl (C=O) groups is 1. The monoisotopic (exact) mass is 253 g/mol. The number of ether oxygens (including phenoxy) is 1. The van der Waals surface area contributed by atoms with Crippen LogP contribution in [-0.4, -0.2) is 40.6 Å². The molecular formula is C12H19N3O3. The Labute approximate surface area is 106 Å². The van der Waals surface area contributed by atoms with Gasteiger partial charge in [0.15, 0.2) is 0 Å². The van der Waals surface area contributed by atoms with E-state index in [9.17, 15) is 4.79 Å². The summed E-state index contributed by atoms with van der Waals surface area (Å²) < 4.78 is 7.04. The molecule has 0 saturated heterocycles. The molecule has 1 aliphatic carbocycles. The second-order valence-electron chi connectivity index (χ2n) is 4.68. The van der Waals surface area contributed by atoms with E-state index in [1.54, 1.807) is 18.7 Å². The van der Waals surface area contributed by atoms with Gasteiger partial charge in [0.25, 0.3) is 0 Å². The van der Waals surface area contributed by atoms with E-state index in [1.807, 2.05) is 0 Å². The Hall–Kier alpha value is -1.56. The van der Waals surface area contributed by atoms with Crippen LogP contribution in [0.2, 0.25) is 0 Å². The predicted octanol–water partition coefficient (Wildman–Crippen LogP) is 1.27. The molecule has 0 unspecified atom stereocenters. The number of hydrogen-bond donors (Lipinski definition) is 2. The average Bonchev–Trinajstić information content (AvgIpc) is 3.05. The molecule has 6 heteroatoms. The minimum atomic E-state index is -0.956. The number of aromatic nitrogens is 2. The van der Waals surface area contributed by atoms with Gasteiger partial charge in [-0.15, -0.1) is 0 Å². The van der Waals surface area contributed by atoms with Crippen LogP contribution in [0.3, 0.4) is 0 Å². The minimum absolute atomic E-state index is 0.236. The lowest BCUT2D eigenvalue weighted by molar-refractivity contribution is 0.0697. The molecular weight excluding hydrogens is 234 g/mol. The van der Waals surface area contributed by atoms with Crippen molar-refractivity contribution in [1.82, 2.24) is 9.78 Å². The van der Waals surface area contributed by atoms with Crippen molar-refractivity contribution in [2.24, 2.45) is 13.0 Å². The van der Waals surface area contributed by atoms with E-state index in [1.165, 1.54) is 12.8 Å². The van der Waals surface area contributed by atoms with Gasteiger partial charge in [-0.05, 0) is 25.7 Å². The Morgan fingerprint density at radius 1 is 1.61 bits per heavy atom. The van der Waals surface area contributed by atoms with Gasteiger partial charge in [0.1, 0.15) is 11.4 Å². The van der Waals surface area contributed by atoms with Crippen LogP contribution >= 0.6 is 0 Å². The molecule has 0 atom stereocenters. The van der Waals surface area contributed by atoms with Gasteiger partial charge < -0.3 is 15.2 Å². The number of nitrogens with zero attached hydrogens (tertiary/aromatic N) is 2. The molecule has 1 aromatic rings. The van der Waals surface area contributed by atoms with Crippen LogP contribution in [0.1, 0.15) is 28.9 Å². The maximum atomic E-state index is 11.1. The highest BCUT2D eigenvalue weighted by atomic mass is 16.5. The van der Waals surface area contributed by atoms with Crippen LogP contribution in [0.15, 0.2) is 0 Å². The van der Waals surface area contributed by atoms with Crippen LogP contribution in [0, 0.1) is 12.8 Å². The standard InChI is InChI=1S/C12H19N3O3/c1-8-10(12(16)17)11(15(2)14-8)13-5-6-18-7-9-3-4-9/h9,13H,3-7H2,1-2H3,(H,16,17). The Kier molecular flexibility index (Phi) is 3.86. The molecule has 18 heavy (non-hydrogen) atoms. The third-order valence-electron chi connectivity index (χ3n) is 3.03. The fourth-order valence-corrected chi connectivity index (χ4v) is 1.89. The lowest BCUT2D eigenvalue weighted by atomic mass is 10.2. The first-order valence-corrected chi connectivity index (χ1v) is 6.18. The van der Waals surface area contributed by atoms with E-state index in [0.29, 0.717) is 24.7 Å². The number of nitrogens with one attached hydrogen (secondary N) is 1. The van der Waals surface area contributed by atoms with Gasteiger partial charge in [-0.3, -0.25) is 4.68 Å². The average molecular weight is 253 g/mol. The highest BCUT2D eigenvalue weighted by molar-refractivity contribution is 5.94. The predicted molar refractivity (Wildman–Crippen MR) is 66.9 cm³/mol. The maximum Gasteiger partial charge on any atom is 0.341 e. The molecule has 1 heterocycles. The van der Waals surface area contributed by atoms with Crippen molar-refractivity contribution < 1.29 is 14.6 Å². The molecule has 0 spiro atoms. The summed E-state index contributed by atoms with van der Waals surface area (Å²) in [4.78, 5) is 11.1. The lowest BCUT2D eigenvalue weighted by Crippen LogP contribution is -2.15. The molecule has 1 saturated carbocycles. The molecule has 6 nitrogen and oxygen atoms in total. The van der Waals surface area contributed by atoms with Crippen molar-refractivity contribution in [3.05, 3.63) is 11.3 Å². The maximum absolute atomic E-state index is 11.1. The lowest BCUT2D eigenvalue weighted by Gasteiger charge is -2.08. The van der Waals surface area contributed by atoms with Crippen LogP contribution in [0.25, 0.3) is 0 Å². The Morgan fingerprint density at radius 3 is 2.94 bits per heavy atom. The molecule has 0 amide bonds. The molecule has 1 aromatic heterocycles. The summed E-state index contributed by atoms with van der Waals surface area (Å²) in [5.41, 5.74) is 0.756. The second kappa shape index (κ2) is 5.39. The second-order valence-corrected chi connectivity index (χ2v) is 4.68. The van der Waals surface area contributed by atoms with E-state index >= 15 is 0 Å². The first-order valence-electron chi connectivity index (χ1n) is 6.18. The molecule has 0 aromatic carbocycles. The molecule has 0 aliphatic heterocycles. The normalized spacial score (nSPS) is 14.8. The zero-order chi connectivity index (χ0) is 13.1. The summed E-state index contributed by atoms with van der Waals surface area (Å²) in [6, 6.07) is 0. The quantitative estimate of drug-likeness (QED) is 0.715. The summed E-state index contributed by atoms with van der Waals surface area (Å²) >= 11 is 0. The van der Waals surface area contributed by atoms with E-state index in [-0.39, 0.29) is 5.56 Å². The number of rotatable bonds is 7. The smallest absolute Gasteiger partial charge is 0.341 e.